The Balaban J connectivity index is 2.38. The highest BCUT2D eigenvalue weighted by Gasteiger charge is 2.33. The summed E-state index contributed by atoms with van der Waals surface area (Å²) in [5.74, 6) is 0.0932. The fraction of sp³-hybridized carbons (Fsp3) is 0.750. The number of hydrogen-bond acceptors (Lipinski definition) is 7. The van der Waals surface area contributed by atoms with E-state index >= 15 is 0 Å². The molecular weight excluding hydrogens is 310 g/mol. The largest absolute Gasteiger partial charge is 0.382 e. The lowest BCUT2D eigenvalue weighted by atomic mass is 10.1. The molecule has 1 aromatic rings. The molecule has 1 aliphatic heterocycles. The van der Waals surface area contributed by atoms with Gasteiger partial charge in [0.1, 0.15) is 5.00 Å². The maximum atomic E-state index is 12.5. The van der Waals surface area contributed by atoms with E-state index in [2.05, 4.69) is 28.1 Å². The van der Waals surface area contributed by atoms with Crippen LogP contribution in [0.1, 0.15) is 13.3 Å². The van der Waals surface area contributed by atoms with Gasteiger partial charge in [0.15, 0.2) is 10.7 Å². The Morgan fingerprint density at radius 1 is 1.43 bits per heavy atom. The molecule has 1 aromatic heterocycles. The highest BCUT2D eigenvalue weighted by Crippen LogP contribution is 2.36. The third kappa shape index (κ3) is 3.01. The Morgan fingerprint density at radius 2 is 2.10 bits per heavy atom. The highest BCUT2D eigenvalue weighted by atomic mass is 32.2. The fourth-order valence-electron chi connectivity index (χ4n) is 2.48. The van der Waals surface area contributed by atoms with Crippen molar-refractivity contribution in [3.63, 3.8) is 0 Å². The lowest BCUT2D eigenvalue weighted by Gasteiger charge is -2.39. The minimum Gasteiger partial charge on any atom is -0.382 e. The van der Waals surface area contributed by atoms with Crippen LogP contribution >= 0.6 is 11.5 Å². The Labute approximate surface area is 130 Å². The summed E-state index contributed by atoms with van der Waals surface area (Å²) in [6.07, 6.45) is 1.02. The first kappa shape index (κ1) is 16.5. The van der Waals surface area contributed by atoms with Gasteiger partial charge in [0.05, 0.1) is 0 Å². The Kier molecular flexibility index (Phi) is 4.76. The van der Waals surface area contributed by atoms with E-state index in [1.54, 1.807) is 0 Å². The van der Waals surface area contributed by atoms with Gasteiger partial charge in [-0.3, -0.25) is 4.90 Å². The van der Waals surface area contributed by atoms with Crippen LogP contribution in [0.5, 0.6) is 0 Å². The molecule has 0 radical (unpaired) electrons. The molecule has 7 nitrogen and oxygen atoms in total. The number of hydrogen-bond donors (Lipinski definition) is 1. The van der Waals surface area contributed by atoms with Crippen LogP contribution in [-0.2, 0) is 10.0 Å². The Morgan fingerprint density at radius 3 is 2.67 bits per heavy atom. The van der Waals surface area contributed by atoms with Crippen LogP contribution in [0.25, 0.3) is 0 Å². The van der Waals surface area contributed by atoms with Gasteiger partial charge in [-0.1, -0.05) is 6.92 Å². The zero-order chi connectivity index (χ0) is 15.8. The molecule has 120 valence electrons. The lowest BCUT2D eigenvalue weighted by molar-refractivity contribution is 0.213. The van der Waals surface area contributed by atoms with Gasteiger partial charge in [0.25, 0.3) is 0 Å². The fourth-order valence-corrected chi connectivity index (χ4v) is 4.74. The second kappa shape index (κ2) is 6.07. The maximum Gasteiger partial charge on any atom is 0.249 e. The van der Waals surface area contributed by atoms with Crippen LogP contribution in [0.15, 0.2) is 4.90 Å². The van der Waals surface area contributed by atoms with E-state index in [0.29, 0.717) is 11.0 Å². The SMILES string of the molecule is CCC1CN(c2snc(N)c2S(=O)(=O)N(C)C)CCN1C. The normalized spacial score (nSPS) is 21.2. The van der Waals surface area contributed by atoms with Crippen molar-refractivity contribution in [2.45, 2.75) is 24.3 Å². The van der Waals surface area contributed by atoms with Crippen LogP contribution in [0.4, 0.5) is 10.8 Å². The second-order valence-electron chi connectivity index (χ2n) is 5.48. The lowest BCUT2D eigenvalue weighted by Crippen LogP contribution is -2.51. The average molecular weight is 333 g/mol. The van der Waals surface area contributed by atoms with Crippen LogP contribution < -0.4 is 10.6 Å². The molecule has 1 atom stereocenters. The van der Waals surface area contributed by atoms with Gasteiger partial charge in [-0.15, -0.1) is 0 Å². The van der Waals surface area contributed by atoms with E-state index in [-0.39, 0.29) is 10.7 Å². The van der Waals surface area contributed by atoms with Crippen molar-refractivity contribution in [1.29, 1.82) is 0 Å². The van der Waals surface area contributed by atoms with E-state index in [9.17, 15) is 8.42 Å². The summed E-state index contributed by atoms with van der Waals surface area (Å²) in [5.41, 5.74) is 5.82. The summed E-state index contributed by atoms with van der Waals surface area (Å²) in [4.78, 5) is 4.55. The Bertz CT molecular complexity index is 599. The predicted octanol–water partition coefficient (Wildman–Crippen LogP) is 0.506. The molecule has 1 saturated heterocycles. The zero-order valence-corrected chi connectivity index (χ0v) is 14.5. The van der Waals surface area contributed by atoms with Crippen molar-refractivity contribution >= 4 is 32.4 Å². The summed E-state index contributed by atoms with van der Waals surface area (Å²) >= 11 is 1.17. The van der Waals surface area contributed by atoms with Crippen molar-refractivity contribution in [2.75, 3.05) is 51.4 Å². The summed E-state index contributed by atoms with van der Waals surface area (Å²) in [6, 6.07) is 0.414. The summed E-state index contributed by atoms with van der Waals surface area (Å²) in [7, 11) is 1.54. The van der Waals surface area contributed by atoms with Gasteiger partial charge in [-0.2, -0.15) is 4.37 Å². The molecule has 2 rings (SSSR count). The molecular formula is C12H23N5O2S2. The van der Waals surface area contributed by atoms with Gasteiger partial charge in [0.2, 0.25) is 10.0 Å². The molecule has 9 heteroatoms. The minimum atomic E-state index is -3.58. The smallest absolute Gasteiger partial charge is 0.249 e. The van der Waals surface area contributed by atoms with Crippen molar-refractivity contribution < 1.29 is 8.42 Å². The third-order valence-corrected chi connectivity index (χ3v) is 6.86. The number of anilines is 2. The monoisotopic (exact) mass is 333 g/mol. The first-order valence-electron chi connectivity index (χ1n) is 6.91. The molecule has 0 saturated carbocycles. The van der Waals surface area contributed by atoms with Crippen molar-refractivity contribution in [3.05, 3.63) is 0 Å². The first-order chi connectivity index (χ1) is 9.78. The summed E-state index contributed by atoms with van der Waals surface area (Å²) < 4.78 is 30.2. The van der Waals surface area contributed by atoms with Crippen molar-refractivity contribution in [1.82, 2.24) is 13.6 Å². The van der Waals surface area contributed by atoms with Crippen molar-refractivity contribution in [2.24, 2.45) is 0 Å². The number of nitrogens with two attached hydrogens (primary N) is 1. The van der Waals surface area contributed by atoms with Gasteiger partial charge >= 0.3 is 0 Å². The molecule has 0 aromatic carbocycles. The number of sulfonamides is 1. The molecule has 21 heavy (non-hydrogen) atoms. The molecule has 2 N–H and O–H groups in total. The number of nitrogens with zero attached hydrogens (tertiary/aromatic N) is 4. The topological polar surface area (TPSA) is 82.8 Å². The van der Waals surface area contributed by atoms with Crippen molar-refractivity contribution in [3.8, 4) is 0 Å². The predicted molar refractivity (Wildman–Crippen MR) is 86.3 cm³/mol. The zero-order valence-electron chi connectivity index (χ0n) is 12.9. The van der Waals surface area contributed by atoms with E-state index < -0.39 is 10.0 Å². The van der Waals surface area contributed by atoms with Gasteiger partial charge in [-0.05, 0) is 25.0 Å². The molecule has 0 bridgehead atoms. The first-order valence-corrected chi connectivity index (χ1v) is 9.13. The van der Waals surface area contributed by atoms with Crippen LogP contribution in [0.2, 0.25) is 0 Å². The quantitative estimate of drug-likeness (QED) is 0.864. The van der Waals surface area contributed by atoms with E-state index in [1.165, 1.54) is 29.9 Å². The third-order valence-electron chi connectivity index (χ3n) is 3.93. The number of piperazine rings is 1. The van der Waals surface area contributed by atoms with E-state index in [0.717, 1.165) is 26.1 Å². The number of likely N-dealkylation sites (N-methyl/N-ethyl adjacent to an activating group) is 1. The minimum absolute atomic E-state index is 0.0932. The summed E-state index contributed by atoms with van der Waals surface area (Å²) in [5, 5.41) is 0.660. The van der Waals surface area contributed by atoms with Gasteiger partial charge in [-0.25, -0.2) is 12.7 Å². The average Bonchev–Trinajstić information content (AvgIpc) is 2.81. The number of rotatable bonds is 4. The standard InChI is InChI=1S/C12H23N5O2S2/c1-5-9-8-17(7-6-16(9)4)12-10(11(13)14-20-12)21(18,19)15(2)3/h9H,5-8H2,1-4H3,(H2,13,14). The number of nitrogen functional groups attached to an aromatic ring is 1. The molecule has 2 heterocycles. The van der Waals surface area contributed by atoms with E-state index in [1.807, 2.05) is 0 Å². The van der Waals surface area contributed by atoms with E-state index in [4.69, 9.17) is 5.73 Å². The number of aromatic nitrogens is 1. The van der Waals surface area contributed by atoms with Crippen LogP contribution in [0, 0.1) is 0 Å². The van der Waals surface area contributed by atoms with Gasteiger partial charge < -0.3 is 10.6 Å². The second-order valence-corrected chi connectivity index (χ2v) is 8.32. The van der Waals surface area contributed by atoms with Crippen LogP contribution in [-0.4, -0.2) is 68.8 Å². The molecule has 1 unspecified atom stereocenters. The van der Waals surface area contributed by atoms with Gasteiger partial charge in [0, 0.05) is 39.8 Å². The molecule has 0 aliphatic carbocycles. The molecule has 0 spiro atoms. The molecule has 1 aliphatic rings. The summed E-state index contributed by atoms with van der Waals surface area (Å²) in [6.45, 7) is 4.62. The highest BCUT2D eigenvalue weighted by molar-refractivity contribution is 7.89. The molecule has 1 fully saturated rings. The molecule has 0 amide bonds. The Hall–Kier alpha value is -0.900. The van der Waals surface area contributed by atoms with Crippen LogP contribution in [0.3, 0.4) is 0 Å². The maximum absolute atomic E-state index is 12.5.